The van der Waals surface area contributed by atoms with Crippen molar-refractivity contribution < 1.29 is 38.1 Å². The maximum absolute atomic E-state index is 13.9. The number of hydrogen-bond donors (Lipinski definition) is 3. The van der Waals surface area contributed by atoms with Crippen LogP contribution in [-0.2, 0) is 27.2 Å². The highest BCUT2D eigenvalue weighted by Crippen LogP contribution is 2.45. The summed E-state index contributed by atoms with van der Waals surface area (Å²) in [6.45, 7) is 8.63. The highest BCUT2D eigenvalue weighted by molar-refractivity contribution is 8.00. The summed E-state index contributed by atoms with van der Waals surface area (Å²) in [5.74, 6) is -0.0686. The molecule has 1 aliphatic carbocycles. The number of rotatable bonds is 14. The number of nitrogens with one attached hydrogen (secondary N) is 3. The molecule has 1 heterocycles. The standard InChI is InChI=1S/C43H49N3O8S2/c1-9-35(40(49)46-41-37(42(50)54-8)30-19-18-27(43(2,3)4)22-36(30)56-41)55-29-17-13-16-28(23-29)44-39(48)31(45-38(47)25-14-11-10-12-15-25)20-26-21-33(52-6)34(53-7)24-32(26)51-5/h10-17,20-21,23-24,27,35H,9,18-19,22H2,1-8H3,(H,44,48)(H,45,47)(H,46,49)/b31-20+. The van der Waals surface area contributed by atoms with Gasteiger partial charge in [-0.2, -0.15) is 0 Å². The van der Waals surface area contributed by atoms with Gasteiger partial charge in [0, 0.05) is 32.7 Å². The van der Waals surface area contributed by atoms with Crippen LogP contribution in [0, 0.1) is 11.3 Å². The van der Waals surface area contributed by atoms with Crippen molar-refractivity contribution in [1.82, 2.24) is 5.32 Å². The zero-order valence-corrected chi connectivity index (χ0v) is 34.6. The maximum atomic E-state index is 13.9. The molecule has 0 fully saturated rings. The SMILES string of the molecule is CCC(Sc1cccc(NC(=O)/C(=C\c2cc(OC)c(OC)cc2OC)NC(=O)c2ccccc2)c1)C(=O)Nc1sc2c(c1C(=O)OC)CCC(C(C)(C)C)C2. The molecule has 0 bridgehead atoms. The van der Waals surface area contributed by atoms with Crippen LogP contribution < -0.4 is 30.2 Å². The number of methoxy groups -OCH3 is 4. The number of thioether (sulfide) groups is 1. The van der Waals surface area contributed by atoms with Crippen LogP contribution in [-0.4, -0.2) is 57.4 Å². The first-order chi connectivity index (χ1) is 26.8. The molecule has 2 unspecified atom stereocenters. The van der Waals surface area contributed by atoms with E-state index in [1.165, 1.54) is 57.6 Å². The molecule has 5 rings (SSSR count). The van der Waals surface area contributed by atoms with Gasteiger partial charge in [0.05, 0.1) is 39.3 Å². The molecule has 0 saturated carbocycles. The second-order valence-corrected chi connectivity index (χ2v) is 16.7. The Morgan fingerprint density at radius 1 is 0.893 bits per heavy atom. The lowest BCUT2D eigenvalue weighted by Crippen LogP contribution is -2.30. The fourth-order valence-corrected chi connectivity index (χ4v) is 8.85. The number of hydrogen-bond acceptors (Lipinski definition) is 10. The Morgan fingerprint density at radius 3 is 2.23 bits per heavy atom. The Balaban J connectivity index is 1.37. The van der Waals surface area contributed by atoms with Crippen molar-refractivity contribution in [3.63, 3.8) is 0 Å². The third-order valence-corrected chi connectivity index (χ3v) is 12.2. The molecule has 4 aromatic rings. The van der Waals surface area contributed by atoms with Gasteiger partial charge in [-0.15, -0.1) is 23.1 Å². The van der Waals surface area contributed by atoms with Gasteiger partial charge in [-0.05, 0) is 85.1 Å². The van der Waals surface area contributed by atoms with Gasteiger partial charge >= 0.3 is 5.97 Å². The quantitative estimate of drug-likeness (QED) is 0.0650. The minimum absolute atomic E-state index is 0.0536. The van der Waals surface area contributed by atoms with Crippen LogP contribution in [0.1, 0.15) is 77.3 Å². The summed E-state index contributed by atoms with van der Waals surface area (Å²) >= 11 is 2.81. The Labute approximate surface area is 336 Å². The molecule has 3 N–H and O–H groups in total. The first-order valence-electron chi connectivity index (χ1n) is 18.3. The number of ether oxygens (including phenoxy) is 4. The van der Waals surface area contributed by atoms with E-state index in [4.69, 9.17) is 18.9 Å². The average molecular weight is 800 g/mol. The predicted molar refractivity (Wildman–Crippen MR) is 222 cm³/mol. The molecule has 0 saturated heterocycles. The molecular formula is C43H49N3O8S2. The van der Waals surface area contributed by atoms with Crippen LogP contribution in [0.5, 0.6) is 17.2 Å². The van der Waals surface area contributed by atoms with Crippen molar-refractivity contribution in [1.29, 1.82) is 0 Å². The summed E-state index contributed by atoms with van der Waals surface area (Å²) in [6, 6.07) is 19.0. The number of carbonyl (C=O) groups is 4. The molecule has 1 aromatic heterocycles. The lowest BCUT2D eigenvalue weighted by atomic mass is 9.72. The molecule has 11 nitrogen and oxygen atoms in total. The Hall–Kier alpha value is -5.27. The number of fused-ring (bicyclic) bond motifs is 1. The Bertz CT molecular complexity index is 2110. The van der Waals surface area contributed by atoms with Gasteiger partial charge in [0.2, 0.25) is 5.91 Å². The van der Waals surface area contributed by atoms with Gasteiger partial charge in [0.25, 0.3) is 11.8 Å². The Kier molecular flexibility index (Phi) is 13.9. The summed E-state index contributed by atoms with van der Waals surface area (Å²) in [5.41, 5.74) is 2.76. The summed E-state index contributed by atoms with van der Waals surface area (Å²) in [5, 5.41) is 8.72. The number of esters is 1. The predicted octanol–water partition coefficient (Wildman–Crippen LogP) is 8.63. The first kappa shape index (κ1) is 41.9. The average Bonchev–Trinajstić information content (AvgIpc) is 3.56. The summed E-state index contributed by atoms with van der Waals surface area (Å²) in [6.07, 6.45) is 4.58. The third kappa shape index (κ3) is 9.93. The highest BCUT2D eigenvalue weighted by Gasteiger charge is 2.35. The van der Waals surface area contributed by atoms with Gasteiger partial charge in [0.15, 0.2) is 11.5 Å². The molecule has 0 aliphatic heterocycles. The van der Waals surface area contributed by atoms with Gasteiger partial charge in [0.1, 0.15) is 16.4 Å². The molecule has 3 amide bonds. The largest absolute Gasteiger partial charge is 0.496 e. The van der Waals surface area contributed by atoms with Crippen molar-refractivity contribution in [3.8, 4) is 17.2 Å². The molecule has 13 heteroatoms. The second kappa shape index (κ2) is 18.6. The maximum Gasteiger partial charge on any atom is 0.341 e. The summed E-state index contributed by atoms with van der Waals surface area (Å²) < 4.78 is 21.6. The topological polar surface area (TPSA) is 141 Å². The van der Waals surface area contributed by atoms with E-state index in [1.807, 2.05) is 13.0 Å². The van der Waals surface area contributed by atoms with Crippen molar-refractivity contribution in [3.05, 3.63) is 99.6 Å². The summed E-state index contributed by atoms with van der Waals surface area (Å²) in [7, 11) is 5.85. The van der Waals surface area contributed by atoms with Crippen LogP contribution >= 0.6 is 23.1 Å². The number of anilines is 2. The lowest BCUT2D eigenvalue weighted by Gasteiger charge is -2.33. The molecule has 0 spiro atoms. The fourth-order valence-electron chi connectivity index (χ4n) is 6.52. The van der Waals surface area contributed by atoms with Crippen LogP contribution in [0.3, 0.4) is 0 Å². The third-order valence-electron chi connectivity index (χ3n) is 9.71. The smallest absolute Gasteiger partial charge is 0.341 e. The van der Waals surface area contributed by atoms with Crippen molar-refractivity contribution in [2.45, 2.75) is 63.5 Å². The van der Waals surface area contributed by atoms with Gasteiger partial charge in [-0.3, -0.25) is 14.4 Å². The number of carbonyl (C=O) groups excluding carboxylic acids is 4. The minimum Gasteiger partial charge on any atom is -0.496 e. The van der Waals surface area contributed by atoms with E-state index in [1.54, 1.807) is 60.7 Å². The zero-order chi connectivity index (χ0) is 40.6. The van der Waals surface area contributed by atoms with Gasteiger partial charge in [-0.1, -0.05) is 52.0 Å². The molecule has 0 radical (unpaired) electrons. The molecular weight excluding hydrogens is 751 g/mol. The normalized spacial score (nSPS) is 14.5. The monoisotopic (exact) mass is 799 g/mol. The lowest BCUT2D eigenvalue weighted by molar-refractivity contribution is -0.116. The van der Waals surface area contributed by atoms with Gasteiger partial charge < -0.3 is 34.9 Å². The van der Waals surface area contributed by atoms with E-state index in [-0.39, 0.29) is 17.0 Å². The zero-order valence-electron chi connectivity index (χ0n) is 33.0. The van der Waals surface area contributed by atoms with Crippen molar-refractivity contribution >= 4 is 63.6 Å². The minimum atomic E-state index is -0.594. The van der Waals surface area contributed by atoms with E-state index >= 15 is 0 Å². The van der Waals surface area contributed by atoms with Crippen molar-refractivity contribution in [2.24, 2.45) is 11.3 Å². The van der Waals surface area contributed by atoms with Crippen LogP contribution in [0.25, 0.3) is 6.08 Å². The molecule has 296 valence electrons. The highest BCUT2D eigenvalue weighted by atomic mass is 32.2. The van der Waals surface area contributed by atoms with Gasteiger partial charge in [-0.25, -0.2) is 4.79 Å². The number of benzene rings is 3. The van der Waals surface area contributed by atoms with E-state index in [0.717, 1.165) is 34.6 Å². The van der Waals surface area contributed by atoms with E-state index in [2.05, 4.69) is 36.7 Å². The van der Waals surface area contributed by atoms with Crippen LogP contribution in [0.15, 0.2) is 77.3 Å². The van der Waals surface area contributed by atoms with E-state index in [0.29, 0.717) is 57.0 Å². The molecule has 1 aliphatic rings. The summed E-state index contributed by atoms with van der Waals surface area (Å²) in [4.78, 5) is 55.9. The van der Waals surface area contributed by atoms with Crippen LogP contribution in [0.4, 0.5) is 10.7 Å². The van der Waals surface area contributed by atoms with E-state index < -0.39 is 23.0 Å². The molecule has 3 aromatic carbocycles. The second-order valence-electron chi connectivity index (χ2n) is 14.3. The Morgan fingerprint density at radius 2 is 1.59 bits per heavy atom. The molecule has 2 atom stereocenters. The number of thiophene rings is 1. The van der Waals surface area contributed by atoms with E-state index in [9.17, 15) is 19.2 Å². The number of amides is 3. The van der Waals surface area contributed by atoms with Crippen LogP contribution in [0.2, 0.25) is 0 Å². The molecule has 56 heavy (non-hydrogen) atoms. The van der Waals surface area contributed by atoms with Crippen molar-refractivity contribution in [2.75, 3.05) is 39.1 Å². The fraction of sp³-hybridized carbons (Fsp3) is 0.349. The first-order valence-corrected chi connectivity index (χ1v) is 20.0.